The summed E-state index contributed by atoms with van der Waals surface area (Å²) < 4.78 is 2.10. The van der Waals surface area contributed by atoms with Crippen molar-refractivity contribution in [1.82, 2.24) is 9.55 Å². The number of imidazole rings is 1. The first kappa shape index (κ1) is 6.85. The van der Waals surface area contributed by atoms with Gasteiger partial charge in [0.2, 0.25) is 0 Å². The molecule has 0 amide bonds. The monoisotopic (exact) mass is 151 g/mol. The maximum atomic E-state index is 5.81. The van der Waals surface area contributed by atoms with E-state index < -0.39 is 0 Å². The van der Waals surface area contributed by atoms with E-state index in [0.717, 1.165) is 19.3 Å². The van der Waals surface area contributed by atoms with E-state index in [-0.39, 0.29) is 0 Å². The molecule has 0 aromatic carbocycles. The normalized spacial score (nSPS) is 23.3. The van der Waals surface area contributed by atoms with Crippen LogP contribution in [0.25, 0.3) is 0 Å². The van der Waals surface area contributed by atoms with Crippen molar-refractivity contribution in [3.63, 3.8) is 0 Å². The van der Waals surface area contributed by atoms with E-state index >= 15 is 0 Å². The highest BCUT2D eigenvalue weighted by Crippen LogP contribution is 2.17. The summed E-state index contributed by atoms with van der Waals surface area (Å²) in [6.07, 6.45) is 5.03. The van der Waals surface area contributed by atoms with E-state index in [4.69, 9.17) is 5.73 Å². The summed E-state index contributed by atoms with van der Waals surface area (Å²) in [6.45, 7) is 0. The molecule has 1 aliphatic rings. The van der Waals surface area contributed by atoms with Gasteiger partial charge in [0, 0.05) is 25.2 Å². The van der Waals surface area contributed by atoms with Gasteiger partial charge in [-0.15, -0.1) is 0 Å². The fourth-order valence-electron chi connectivity index (χ4n) is 1.67. The number of fused-ring (bicyclic) bond motifs is 1. The van der Waals surface area contributed by atoms with Gasteiger partial charge in [0.05, 0.1) is 12.0 Å². The molecule has 1 aromatic heterocycles. The summed E-state index contributed by atoms with van der Waals surface area (Å²) in [7, 11) is 2.04. The van der Waals surface area contributed by atoms with Crippen molar-refractivity contribution in [2.24, 2.45) is 12.8 Å². The van der Waals surface area contributed by atoms with Crippen molar-refractivity contribution in [2.45, 2.75) is 25.3 Å². The summed E-state index contributed by atoms with van der Waals surface area (Å²) in [6, 6.07) is 0.331. The Hall–Kier alpha value is -0.830. The largest absolute Gasteiger partial charge is 0.337 e. The Bertz CT molecular complexity index is 264. The van der Waals surface area contributed by atoms with E-state index in [1.54, 1.807) is 0 Å². The van der Waals surface area contributed by atoms with Crippen LogP contribution >= 0.6 is 0 Å². The Morgan fingerprint density at radius 1 is 1.73 bits per heavy atom. The molecule has 0 spiro atoms. The lowest BCUT2D eigenvalue weighted by molar-refractivity contribution is 0.554. The Kier molecular flexibility index (Phi) is 1.46. The average Bonchev–Trinajstić information content (AvgIpc) is 2.32. The quantitative estimate of drug-likeness (QED) is 0.577. The minimum atomic E-state index is 0.331. The zero-order chi connectivity index (χ0) is 7.84. The second kappa shape index (κ2) is 2.34. The van der Waals surface area contributed by atoms with Crippen LogP contribution in [0.1, 0.15) is 17.8 Å². The molecule has 3 heteroatoms. The van der Waals surface area contributed by atoms with E-state index in [1.165, 1.54) is 11.4 Å². The third-order valence-corrected chi connectivity index (χ3v) is 2.35. The molecule has 0 fully saturated rings. The minimum absolute atomic E-state index is 0.331. The van der Waals surface area contributed by atoms with Crippen molar-refractivity contribution in [3.8, 4) is 0 Å². The maximum Gasteiger partial charge on any atom is 0.0949 e. The van der Waals surface area contributed by atoms with Crippen LogP contribution in [-0.4, -0.2) is 15.6 Å². The van der Waals surface area contributed by atoms with Gasteiger partial charge in [-0.1, -0.05) is 0 Å². The molecule has 2 rings (SSSR count). The molecule has 2 N–H and O–H groups in total. The smallest absolute Gasteiger partial charge is 0.0949 e. The Labute approximate surface area is 66.2 Å². The van der Waals surface area contributed by atoms with Crippen LogP contribution in [-0.2, 0) is 19.9 Å². The molecule has 0 saturated carbocycles. The van der Waals surface area contributed by atoms with Crippen molar-refractivity contribution in [3.05, 3.63) is 17.7 Å². The Morgan fingerprint density at radius 3 is 3.36 bits per heavy atom. The molecule has 1 unspecified atom stereocenters. The minimum Gasteiger partial charge on any atom is -0.337 e. The first-order chi connectivity index (χ1) is 5.27. The molecule has 1 aromatic rings. The first-order valence-electron chi connectivity index (χ1n) is 4.02. The van der Waals surface area contributed by atoms with E-state index in [9.17, 15) is 0 Å². The molecule has 1 atom stereocenters. The molecule has 0 radical (unpaired) electrons. The van der Waals surface area contributed by atoms with Gasteiger partial charge in [-0.25, -0.2) is 4.98 Å². The molecule has 0 aliphatic heterocycles. The molecule has 3 nitrogen and oxygen atoms in total. The number of rotatable bonds is 0. The van der Waals surface area contributed by atoms with E-state index in [0.29, 0.717) is 6.04 Å². The standard InChI is InChI=1S/C8H13N3/c1-11-5-10-7-4-6(9)2-3-8(7)11/h5-6H,2-4,9H2,1H3. The number of hydrogen-bond acceptors (Lipinski definition) is 2. The van der Waals surface area contributed by atoms with Crippen LogP contribution in [0.2, 0.25) is 0 Å². The van der Waals surface area contributed by atoms with E-state index in [1.807, 2.05) is 13.4 Å². The van der Waals surface area contributed by atoms with Gasteiger partial charge in [0.15, 0.2) is 0 Å². The SMILES string of the molecule is Cn1cnc2c1CCC(N)C2. The number of aryl methyl sites for hydroxylation is 1. The molecule has 0 bridgehead atoms. The van der Waals surface area contributed by atoms with Crippen molar-refractivity contribution < 1.29 is 0 Å². The predicted octanol–water partition coefficient (Wildman–Crippen LogP) is 0.236. The van der Waals surface area contributed by atoms with Gasteiger partial charge >= 0.3 is 0 Å². The van der Waals surface area contributed by atoms with Crippen LogP contribution in [0.4, 0.5) is 0 Å². The second-order valence-corrected chi connectivity index (χ2v) is 3.25. The summed E-state index contributed by atoms with van der Waals surface area (Å²) in [5.41, 5.74) is 8.38. The zero-order valence-electron chi connectivity index (χ0n) is 6.75. The zero-order valence-corrected chi connectivity index (χ0v) is 6.75. The third-order valence-electron chi connectivity index (χ3n) is 2.35. The number of hydrogen-bond donors (Lipinski definition) is 1. The van der Waals surface area contributed by atoms with E-state index in [2.05, 4.69) is 9.55 Å². The number of nitrogens with two attached hydrogens (primary N) is 1. The fourth-order valence-corrected chi connectivity index (χ4v) is 1.67. The van der Waals surface area contributed by atoms with Gasteiger partial charge in [0.1, 0.15) is 0 Å². The summed E-state index contributed by atoms with van der Waals surface area (Å²) >= 11 is 0. The second-order valence-electron chi connectivity index (χ2n) is 3.25. The average molecular weight is 151 g/mol. The van der Waals surface area contributed by atoms with Gasteiger partial charge in [-0.05, 0) is 12.8 Å². The Morgan fingerprint density at radius 2 is 2.55 bits per heavy atom. The van der Waals surface area contributed by atoms with Crippen molar-refractivity contribution in [2.75, 3.05) is 0 Å². The molecule has 11 heavy (non-hydrogen) atoms. The lowest BCUT2D eigenvalue weighted by Crippen LogP contribution is -2.28. The molecule has 0 saturated heterocycles. The van der Waals surface area contributed by atoms with Crippen molar-refractivity contribution in [1.29, 1.82) is 0 Å². The van der Waals surface area contributed by atoms with Crippen molar-refractivity contribution >= 4 is 0 Å². The molecule has 1 heterocycles. The van der Waals surface area contributed by atoms with Crippen LogP contribution in [0.3, 0.4) is 0 Å². The third kappa shape index (κ3) is 1.05. The lowest BCUT2D eigenvalue weighted by atomic mass is 9.97. The highest BCUT2D eigenvalue weighted by Gasteiger charge is 2.18. The van der Waals surface area contributed by atoms with Gasteiger partial charge in [0.25, 0.3) is 0 Å². The lowest BCUT2D eigenvalue weighted by Gasteiger charge is -2.17. The molecular formula is C8H13N3. The topological polar surface area (TPSA) is 43.8 Å². The summed E-state index contributed by atoms with van der Waals surface area (Å²) in [5, 5.41) is 0. The predicted molar refractivity (Wildman–Crippen MR) is 43.2 cm³/mol. The van der Waals surface area contributed by atoms with Crippen LogP contribution < -0.4 is 5.73 Å². The highest BCUT2D eigenvalue weighted by atomic mass is 15.0. The number of nitrogens with zero attached hydrogens (tertiary/aromatic N) is 2. The Balaban J connectivity index is 2.36. The molecule has 60 valence electrons. The number of aromatic nitrogens is 2. The summed E-state index contributed by atoms with van der Waals surface area (Å²) in [5.74, 6) is 0. The van der Waals surface area contributed by atoms with Gasteiger partial charge < -0.3 is 10.3 Å². The fraction of sp³-hybridized carbons (Fsp3) is 0.625. The van der Waals surface area contributed by atoms with Gasteiger partial charge in [-0.3, -0.25) is 0 Å². The molecule has 1 aliphatic carbocycles. The molecular weight excluding hydrogens is 138 g/mol. The highest BCUT2D eigenvalue weighted by molar-refractivity contribution is 5.17. The first-order valence-corrected chi connectivity index (χ1v) is 4.02. The van der Waals surface area contributed by atoms with Crippen LogP contribution in [0, 0.1) is 0 Å². The van der Waals surface area contributed by atoms with Crippen LogP contribution in [0.5, 0.6) is 0 Å². The van der Waals surface area contributed by atoms with Gasteiger partial charge in [-0.2, -0.15) is 0 Å². The maximum absolute atomic E-state index is 5.81. The summed E-state index contributed by atoms with van der Waals surface area (Å²) in [4.78, 5) is 4.29. The van der Waals surface area contributed by atoms with Crippen LogP contribution in [0.15, 0.2) is 6.33 Å².